The van der Waals surface area contributed by atoms with E-state index in [2.05, 4.69) is 10.6 Å². The van der Waals surface area contributed by atoms with Crippen LogP contribution in [-0.4, -0.2) is 53.8 Å². The van der Waals surface area contributed by atoms with Crippen molar-refractivity contribution in [3.63, 3.8) is 0 Å². The molecule has 0 radical (unpaired) electrons. The molecule has 38 heavy (non-hydrogen) atoms. The summed E-state index contributed by atoms with van der Waals surface area (Å²) in [5, 5.41) is 25.1. The first-order valence-corrected chi connectivity index (χ1v) is 12.7. The van der Waals surface area contributed by atoms with Gasteiger partial charge in [-0.05, 0) is 35.8 Å². The minimum Gasteiger partial charge on any atom is -0.495 e. The first-order chi connectivity index (χ1) is 18.1. The molecule has 2 aromatic carbocycles. The highest BCUT2D eigenvalue weighted by Gasteiger charge is 2.22. The van der Waals surface area contributed by atoms with Gasteiger partial charge in [-0.25, -0.2) is 0 Å². The van der Waals surface area contributed by atoms with Gasteiger partial charge in [0.25, 0.3) is 0 Å². The van der Waals surface area contributed by atoms with Crippen molar-refractivity contribution < 1.29 is 29.3 Å². The molecular formula is C29H35ClN2O6. The topological polar surface area (TPSA) is 125 Å². The highest BCUT2D eigenvalue weighted by molar-refractivity contribution is 6.32. The predicted octanol–water partition coefficient (Wildman–Crippen LogP) is 3.87. The Morgan fingerprint density at radius 3 is 2.45 bits per heavy atom. The van der Waals surface area contributed by atoms with E-state index in [9.17, 15) is 19.5 Å². The number of carbonyl (C=O) groups excluding carboxylic acids is 2. The quantitative estimate of drug-likeness (QED) is 0.269. The Morgan fingerprint density at radius 2 is 1.82 bits per heavy atom. The van der Waals surface area contributed by atoms with E-state index >= 15 is 0 Å². The average Bonchev–Trinajstić information content (AvgIpc) is 2.90. The van der Waals surface area contributed by atoms with Gasteiger partial charge in [-0.15, -0.1) is 0 Å². The molecule has 4 N–H and O–H groups in total. The number of halogens is 1. The number of hydrogen-bond acceptors (Lipinski definition) is 5. The summed E-state index contributed by atoms with van der Waals surface area (Å²) >= 11 is 6.20. The largest absolute Gasteiger partial charge is 0.495 e. The predicted molar refractivity (Wildman–Crippen MR) is 148 cm³/mol. The van der Waals surface area contributed by atoms with Crippen LogP contribution in [0.15, 0.2) is 66.8 Å². The summed E-state index contributed by atoms with van der Waals surface area (Å²) in [6, 6.07) is 13.8. The van der Waals surface area contributed by atoms with Gasteiger partial charge in [0.2, 0.25) is 11.8 Å². The molecule has 0 spiro atoms. The van der Waals surface area contributed by atoms with Crippen molar-refractivity contribution in [1.82, 2.24) is 10.6 Å². The summed E-state index contributed by atoms with van der Waals surface area (Å²) in [6.07, 6.45) is 6.35. The Balaban J connectivity index is 2.01. The van der Waals surface area contributed by atoms with Gasteiger partial charge in [0, 0.05) is 18.9 Å². The lowest BCUT2D eigenvalue weighted by Crippen LogP contribution is -2.48. The molecule has 1 unspecified atom stereocenters. The van der Waals surface area contributed by atoms with Crippen LogP contribution < -0.4 is 15.4 Å². The smallest absolute Gasteiger partial charge is 0.308 e. The standard InChI is InChI=1S/C29H35ClN2O6/c1-19(12-13-21-8-5-4-6-9-21)25(33)10-7-11-27(34)32-24(28(35)31-18-20(2)29(36)37)17-22-14-15-26(38-3)23(30)16-22/h4-9,11-16,19-20,24-25,33H,10,17-18H2,1-3H3,(H,31,35)(H,32,34)(H,36,37)/t19-,20-,24-,25?/m1/s1. The molecule has 0 aliphatic carbocycles. The van der Waals surface area contributed by atoms with E-state index in [1.165, 1.54) is 20.1 Å². The minimum atomic E-state index is -1.04. The van der Waals surface area contributed by atoms with Crippen LogP contribution in [0.25, 0.3) is 6.08 Å². The number of nitrogens with one attached hydrogen (secondary N) is 2. The molecule has 0 fully saturated rings. The zero-order valence-corrected chi connectivity index (χ0v) is 22.5. The second-order valence-corrected chi connectivity index (χ2v) is 9.46. The fraction of sp³-hybridized carbons (Fsp3) is 0.345. The van der Waals surface area contributed by atoms with Crippen molar-refractivity contribution >= 4 is 35.5 Å². The molecule has 2 aromatic rings. The third-order valence-electron chi connectivity index (χ3n) is 5.94. The molecule has 204 valence electrons. The van der Waals surface area contributed by atoms with Crippen molar-refractivity contribution in [1.29, 1.82) is 0 Å². The van der Waals surface area contributed by atoms with Crippen LogP contribution in [0.3, 0.4) is 0 Å². The number of rotatable bonds is 14. The Hall–Kier alpha value is -3.62. The number of hydrogen-bond donors (Lipinski definition) is 4. The van der Waals surface area contributed by atoms with Crippen LogP contribution in [0.2, 0.25) is 5.02 Å². The first kappa shape index (κ1) is 30.6. The SMILES string of the molecule is COc1ccc(C[C@@H](NC(=O)C=CCC(O)[C@H](C)C=Cc2ccccc2)C(=O)NC[C@@H](C)C(=O)O)cc1Cl. The van der Waals surface area contributed by atoms with Gasteiger partial charge < -0.3 is 25.6 Å². The summed E-state index contributed by atoms with van der Waals surface area (Å²) in [7, 11) is 1.49. The highest BCUT2D eigenvalue weighted by Crippen LogP contribution is 2.25. The lowest BCUT2D eigenvalue weighted by atomic mass is 10.00. The number of ether oxygens (including phenoxy) is 1. The number of methoxy groups -OCH3 is 1. The van der Waals surface area contributed by atoms with Gasteiger partial charge in [0.15, 0.2) is 0 Å². The van der Waals surface area contributed by atoms with Crippen LogP contribution in [0, 0.1) is 11.8 Å². The second kappa shape index (κ2) is 15.6. The summed E-state index contributed by atoms with van der Waals surface area (Å²) in [6.45, 7) is 3.28. The van der Waals surface area contributed by atoms with Gasteiger partial charge in [-0.1, -0.05) is 80.1 Å². The number of aliphatic hydroxyl groups excluding tert-OH is 1. The number of carbonyl (C=O) groups is 3. The average molecular weight is 543 g/mol. The Morgan fingerprint density at radius 1 is 1.11 bits per heavy atom. The normalized spacial score (nSPS) is 14.6. The van der Waals surface area contributed by atoms with Gasteiger partial charge in [0.05, 0.1) is 24.2 Å². The van der Waals surface area contributed by atoms with Gasteiger partial charge in [0.1, 0.15) is 11.8 Å². The molecule has 0 saturated carbocycles. The Kier molecular flexibility index (Phi) is 12.6. The highest BCUT2D eigenvalue weighted by atomic mass is 35.5. The molecule has 2 rings (SSSR count). The van der Waals surface area contributed by atoms with Crippen molar-refractivity contribution in [2.24, 2.45) is 11.8 Å². The van der Waals surface area contributed by atoms with E-state index in [1.54, 1.807) is 24.3 Å². The van der Waals surface area contributed by atoms with Crippen molar-refractivity contribution in [3.05, 3.63) is 82.9 Å². The van der Waals surface area contributed by atoms with E-state index in [4.69, 9.17) is 21.4 Å². The molecule has 9 heteroatoms. The molecule has 0 aromatic heterocycles. The maximum Gasteiger partial charge on any atom is 0.308 e. The molecule has 0 saturated heterocycles. The van der Waals surface area contributed by atoms with Gasteiger partial charge >= 0.3 is 5.97 Å². The molecule has 8 nitrogen and oxygen atoms in total. The zero-order chi connectivity index (χ0) is 28.1. The molecule has 0 aliphatic heterocycles. The van der Waals surface area contributed by atoms with E-state index in [0.717, 1.165) is 5.56 Å². The van der Waals surface area contributed by atoms with E-state index in [1.807, 2.05) is 49.4 Å². The van der Waals surface area contributed by atoms with Crippen LogP contribution >= 0.6 is 11.6 Å². The van der Waals surface area contributed by atoms with Crippen molar-refractivity contribution in [3.8, 4) is 5.75 Å². The van der Waals surface area contributed by atoms with Crippen LogP contribution in [-0.2, 0) is 20.8 Å². The number of aliphatic carboxylic acids is 1. The Labute approximate surface area is 228 Å². The monoisotopic (exact) mass is 542 g/mol. The molecule has 0 aliphatic rings. The molecular weight excluding hydrogens is 508 g/mol. The molecule has 0 bridgehead atoms. The maximum atomic E-state index is 12.8. The summed E-state index contributed by atoms with van der Waals surface area (Å²) in [4.78, 5) is 36.5. The lowest BCUT2D eigenvalue weighted by molar-refractivity contribution is -0.141. The zero-order valence-electron chi connectivity index (χ0n) is 21.8. The minimum absolute atomic E-state index is 0.0830. The fourth-order valence-electron chi connectivity index (χ4n) is 3.45. The number of carboxylic acids is 1. The van der Waals surface area contributed by atoms with Gasteiger partial charge in [-0.2, -0.15) is 0 Å². The maximum absolute atomic E-state index is 12.8. The Bertz CT molecular complexity index is 1140. The van der Waals surface area contributed by atoms with Gasteiger partial charge in [-0.3, -0.25) is 14.4 Å². The second-order valence-electron chi connectivity index (χ2n) is 9.05. The molecule has 2 amide bonds. The first-order valence-electron chi connectivity index (χ1n) is 12.3. The lowest BCUT2D eigenvalue weighted by Gasteiger charge is -2.19. The van der Waals surface area contributed by atoms with Crippen molar-refractivity contribution in [2.75, 3.05) is 13.7 Å². The van der Waals surface area contributed by atoms with E-state index < -0.39 is 35.8 Å². The molecule has 0 heterocycles. The number of aliphatic hydroxyl groups is 1. The third-order valence-corrected chi connectivity index (χ3v) is 6.23. The van der Waals surface area contributed by atoms with Crippen LogP contribution in [0.4, 0.5) is 0 Å². The summed E-state index contributed by atoms with van der Waals surface area (Å²) in [5.74, 6) is -2.53. The number of carboxylic acid groups (broad SMARTS) is 1. The number of benzene rings is 2. The summed E-state index contributed by atoms with van der Waals surface area (Å²) < 4.78 is 5.15. The fourth-order valence-corrected chi connectivity index (χ4v) is 3.73. The number of amides is 2. The molecule has 4 atom stereocenters. The van der Waals surface area contributed by atoms with E-state index in [0.29, 0.717) is 16.3 Å². The van der Waals surface area contributed by atoms with Crippen molar-refractivity contribution in [2.45, 2.75) is 38.8 Å². The van der Waals surface area contributed by atoms with Crippen LogP contribution in [0.1, 0.15) is 31.4 Å². The summed E-state index contributed by atoms with van der Waals surface area (Å²) in [5.41, 5.74) is 1.71. The van der Waals surface area contributed by atoms with E-state index in [-0.39, 0.29) is 25.3 Å². The van der Waals surface area contributed by atoms with Crippen LogP contribution in [0.5, 0.6) is 5.75 Å². The third kappa shape index (κ3) is 10.4.